The van der Waals surface area contributed by atoms with Crippen molar-refractivity contribution in [1.82, 2.24) is 0 Å². The van der Waals surface area contributed by atoms with Crippen molar-refractivity contribution < 1.29 is 58.2 Å². The summed E-state index contributed by atoms with van der Waals surface area (Å²) in [6.07, 6.45) is 48.7. The van der Waals surface area contributed by atoms with Crippen molar-refractivity contribution in [2.24, 2.45) is 0 Å². The zero-order valence-corrected chi connectivity index (χ0v) is 45.9. The average molecular weight is 1030 g/mol. The number of esters is 3. The van der Waals surface area contributed by atoms with Crippen LogP contribution in [0.3, 0.4) is 0 Å². The van der Waals surface area contributed by atoms with E-state index in [0.717, 1.165) is 141 Å². The zero-order valence-electron chi connectivity index (χ0n) is 45.9. The Bertz CT molecular complexity index is 1550. The Kier molecular flexibility index (Phi) is 45.1. The number of carbonyl (C=O) groups excluding carboxylic acids is 3. The molecule has 1 saturated heterocycles. The second kappa shape index (κ2) is 49.1. The second-order valence-electron chi connectivity index (χ2n) is 19.5. The lowest BCUT2D eigenvalue weighted by Crippen LogP contribution is -2.61. The van der Waals surface area contributed by atoms with Crippen LogP contribution in [0.15, 0.2) is 72.9 Å². The summed E-state index contributed by atoms with van der Waals surface area (Å²) >= 11 is 0. The molecule has 0 aromatic rings. The molecule has 0 radical (unpaired) electrons. The first kappa shape index (κ1) is 67.2. The number of hydrogen-bond donors (Lipinski definition) is 3. The van der Waals surface area contributed by atoms with Crippen LogP contribution in [0.4, 0.5) is 0 Å². The van der Waals surface area contributed by atoms with E-state index in [9.17, 15) is 34.5 Å². The van der Waals surface area contributed by atoms with E-state index < -0.39 is 67.3 Å². The minimum absolute atomic E-state index is 0.0456. The second-order valence-corrected chi connectivity index (χ2v) is 19.5. The van der Waals surface area contributed by atoms with Gasteiger partial charge in [-0.25, -0.2) is 4.79 Å². The van der Waals surface area contributed by atoms with Gasteiger partial charge in [0.15, 0.2) is 24.6 Å². The van der Waals surface area contributed by atoms with Gasteiger partial charge in [-0.05, 0) is 103 Å². The predicted molar refractivity (Wildman–Crippen MR) is 294 cm³/mol. The van der Waals surface area contributed by atoms with Crippen molar-refractivity contribution in [3.63, 3.8) is 0 Å². The van der Waals surface area contributed by atoms with Gasteiger partial charge < -0.3 is 39.0 Å². The fraction of sp³-hybridized carbons (Fsp3) is 0.738. The van der Waals surface area contributed by atoms with Crippen LogP contribution in [0.2, 0.25) is 0 Å². The molecule has 1 heterocycles. The van der Waals surface area contributed by atoms with Gasteiger partial charge in [0, 0.05) is 19.3 Å². The first-order chi connectivity index (χ1) is 35.6. The molecule has 0 amide bonds. The van der Waals surface area contributed by atoms with E-state index in [-0.39, 0.29) is 25.9 Å². The molecule has 73 heavy (non-hydrogen) atoms. The maximum absolute atomic E-state index is 13.1. The Morgan fingerprint density at radius 1 is 0.466 bits per heavy atom. The van der Waals surface area contributed by atoms with Gasteiger partial charge in [0.25, 0.3) is 0 Å². The predicted octanol–water partition coefficient (Wildman–Crippen LogP) is 14.6. The number of hydrogen-bond acceptors (Lipinski definition) is 11. The molecule has 418 valence electrons. The molecule has 0 aromatic heterocycles. The molecular weight excluding hydrogens is 925 g/mol. The van der Waals surface area contributed by atoms with Crippen LogP contribution in [0.5, 0.6) is 0 Å². The molecule has 6 atom stereocenters. The number of allylic oxidation sites excluding steroid dienone is 12. The highest BCUT2D eigenvalue weighted by molar-refractivity contribution is 5.74. The number of unbranched alkanes of at least 4 members (excludes halogenated alkanes) is 22. The lowest BCUT2D eigenvalue weighted by Gasteiger charge is -2.40. The van der Waals surface area contributed by atoms with Crippen molar-refractivity contribution in [1.29, 1.82) is 0 Å². The van der Waals surface area contributed by atoms with E-state index >= 15 is 0 Å². The maximum atomic E-state index is 13.1. The number of carboxylic acids is 1. The molecule has 0 bridgehead atoms. The molecule has 1 aliphatic rings. The third-order valence-electron chi connectivity index (χ3n) is 12.7. The summed E-state index contributed by atoms with van der Waals surface area (Å²) in [5.74, 6) is -3.17. The molecule has 3 N–H and O–H groups in total. The number of aliphatic carboxylic acids is 1. The average Bonchev–Trinajstić information content (AvgIpc) is 3.37. The standard InChI is InChI=1S/C61H102O12/c1-4-7-10-13-16-19-22-25-27-30-32-35-38-41-44-47-53(62)69-50-52(71-54(63)48-45-42-39-36-33-29-24-21-18-15-12-9-6-3)51-70-61-59(57(66)56(65)58(73-61)60(67)68)72-55(64)49-46-43-40-37-34-31-28-26-23-20-17-14-11-8-5-2/h7,10,12,15-16,19,21,24-28,52,56-59,61,65-66H,4-6,8-9,11,13-14,17-18,20,22-23,29-51H2,1-3H3,(H,67,68)/b10-7-,15-12-,19-16-,24-21-,27-25-,28-26-. The van der Waals surface area contributed by atoms with E-state index in [1.54, 1.807) is 0 Å². The van der Waals surface area contributed by atoms with Crippen LogP contribution in [-0.4, -0.2) is 89.2 Å². The quantitative estimate of drug-likeness (QED) is 0.0228. The highest BCUT2D eigenvalue weighted by atomic mass is 16.7. The summed E-state index contributed by atoms with van der Waals surface area (Å²) in [4.78, 5) is 51.0. The van der Waals surface area contributed by atoms with E-state index in [2.05, 4.69) is 93.7 Å². The third kappa shape index (κ3) is 39.3. The number of rotatable bonds is 48. The van der Waals surface area contributed by atoms with Crippen molar-refractivity contribution in [3.05, 3.63) is 72.9 Å². The molecule has 0 aliphatic carbocycles. The number of carbonyl (C=O) groups is 4. The Morgan fingerprint density at radius 3 is 1.38 bits per heavy atom. The first-order valence-corrected chi connectivity index (χ1v) is 28.9. The summed E-state index contributed by atoms with van der Waals surface area (Å²) < 4.78 is 28.4. The monoisotopic (exact) mass is 1030 g/mol. The van der Waals surface area contributed by atoms with Crippen molar-refractivity contribution in [3.8, 4) is 0 Å². The molecule has 0 aromatic carbocycles. The van der Waals surface area contributed by atoms with E-state index in [4.69, 9.17) is 23.7 Å². The Hall–Kier alpha value is -3.84. The highest BCUT2D eigenvalue weighted by Gasteiger charge is 2.50. The summed E-state index contributed by atoms with van der Waals surface area (Å²) in [7, 11) is 0. The molecule has 0 saturated carbocycles. The Labute approximate surface area is 442 Å². The largest absolute Gasteiger partial charge is 0.479 e. The van der Waals surface area contributed by atoms with Crippen LogP contribution < -0.4 is 0 Å². The van der Waals surface area contributed by atoms with Crippen LogP contribution in [0, 0.1) is 0 Å². The Balaban J connectivity index is 2.72. The minimum atomic E-state index is -1.91. The third-order valence-corrected chi connectivity index (χ3v) is 12.7. The first-order valence-electron chi connectivity index (χ1n) is 28.9. The number of aliphatic hydroxyl groups is 2. The zero-order chi connectivity index (χ0) is 53.3. The molecule has 1 aliphatic heterocycles. The van der Waals surface area contributed by atoms with Crippen LogP contribution in [0.1, 0.15) is 239 Å². The molecule has 1 fully saturated rings. The Morgan fingerprint density at radius 2 is 0.890 bits per heavy atom. The number of aliphatic hydroxyl groups excluding tert-OH is 2. The maximum Gasteiger partial charge on any atom is 0.335 e. The van der Waals surface area contributed by atoms with Gasteiger partial charge in [-0.1, -0.05) is 190 Å². The van der Waals surface area contributed by atoms with Crippen molar-refractivity contribution in [2.75, 3.05) is 13.2 Å². The fourth-order valence-corrected chi connectivity index (χ4v) is 8.30. The number of carboxylic acid groups (broad SMARTS) is 1. The molecule has 12 nitrogen and oxygen atoms in total. The fourth-order valence-electron chi connectivity index (χ4n) is 8.30. The number of ether oxygens (including phenoxy) is 5. The molecule has 12 heteroatoms. The van der Waals surface area contributed by atoms with Crippen molar-refractivity contribution >= 4 is 23.9 Å². The SMILES string of the molecule is CC/C=C\C/C=C\C/C=C\CCCCCCCC(=O)OCC(COC1OC(C(=O)O)C(O)C(O)C1OC(=O)CCCCCCC/C=C\CCCCCCCC)OC(=O)CCCCCCC/C=C\C/C=C\CCC. The summed E-state index contributed by atoms with van der Waals surface area (Å²) in [6.45, 7) is 5.77. The minimum Gasteiger partial charge on any atom is -0.479 e. The van der Waals surface area contributed by atoms with Gasteiger partial charge in [-0.2, -0.15) is 0 Å². The van der Waals surface area contributed by atoms with Gasteiger partial charge >= 0.3 is 23.9 Å². The van der Waals surface area contributed by atoms with Gasteiger partial charge in [0.2, 0.25) is 0 Å². The lowest BCUT2D eigenvalue weighted by molar-refractivity contribution is -0.301. The van der Waals surface area contributed by atoms with Gasteiger partial charge in [-0.3, -0.25) is 14.4 Å². The molecular formula is C61H102O12. The van der Waals surface area contributed by atoms with E-state index in [1.807, 2.05) is 0 Å². The molecule has 6 unspecified atom stereocenters. The van der Waals surface area contributed by atoms with Crippen LogP contribution in [-0.2, 0) is 42.9 Å². The van der Waals surface area contributed by atoms with Crippen molar-refractivity contribution in [2.45, 2.75) is 276 Å². The summed E-state index contributed by atoms with van der Waals surface area (Å²) in [5.41, 5.74) is 0. The van der Waals surface area contributed by atoms with Crippen LogP contribution in [0.25, 0.3) is 0 Å². The van der Waals surface area contributed by atoms with Gasteiger partial charge in [0.05, 0.1) is 6.61 Å². The van der Waals surface area contributed by atoms with Crippen LogP contribution >= 0.6 is 0 Å². The summed E-state index contributed by atoms with van der Waals surface area (Å²) in [5, 5.41) is 31.4. The van der Waals surface area contributed by atoms with E-state index in [1.165, 1.54) is 38.5 Å². The smallest absolute Gasteiger partial charge is 0.335 e. The highest BCUT2D eigenvalue weighted by Crippen LogP contribution is 2.26. The topological polar surface area (TPSA) is 175 Å². The van der Waals surface area contributed by atoms with Gasteiger partial charge in [0.1, 0.15) is 18.8 Å². The van der Waals surface area contributed by atoms with Gasteiger partial charge in [-0.15, -0.1) is 0 Å². The summed E-state index contributed by atoms with van der Waals surface area (Å²) in [6, 6.07) is 0. The molecule has 1 rings (SSSR count). The van der Waals surface area contributed by atoms with E-state index in [0.29, 0.717) is 19.3 Å². The normalized spacial score (nSPS) is 18.8. The lowest BCUT2D eigenvalue weighted by atomic mass is 9.98. The molecule has 0 spiro atoms.